The van der Waals surface area contributed by atoms with Gasteiger partial charge >= 0.3 is 0 Å². The number of carbonyl (C=O) groups excluding carboxylic acids is 2. The van der Waals surface area contributed by atoms with Crippen molar-refractivity contribution < 1.29 is 9.59 Å². The lowest BCUT2D eigenvalue weighted by Crippen LogP contribution is -2.33. The Morgan fingerprint density at radius 3 is 2.45 bits per heavy atom. The number of benzene rings is 1. The molecule has 2 aromatic rings. The minimum atomic E-state index is -0.137. The van der Waals surface area contributed by atoms with Crippen molar-refractivity contribution in [2.24, 2.45) is 5.92 Å². The normalized spacial score (nSPS) is 19.4. The Kier molecular flexibility index (Phi) is 6.04. The number of aryl methyl sites for hydroxylation is 1. The molecule has 2 heterocycles. The first-order valence-electron chi connectivity index (χ1n) is 10.8. The van der Waals surface area contributed by atoms with E-state index in [2.05, 4.69) is 12.2 Å². The predicted octanol–water partition coefficient (Wildman–Crippen LogP) is 5.45. The maximum absolute atomic E-state index is 13.5. The van der Waals surface area contributed by atoms with Crippen LogP contribution in [-0.2, 0) is 12.8 Å². The zero-order valence-electron chi connectivity index (χ0n) is 17.4. The molecule has 1 fully saturated rings. The number of rotatable bonds is 3. The highest BCUT2D eigenvalue weighted by Crippen LogP contribution is 2.40. The van der Waals surface area contributed by atoms with E-state index in [9.17, 15) is 9.59 Å². The van der Waals surface area contributed by atoms with Gasteiger partial charge in [-0.3, -0.25) is 9.59 Å². The van der Waals surface area contributed by atoms with E-state index in [4.69, 9.17) is 0 Å². The zero-order chi connectivity index (χ0) is 20.4. The van der Waals surface area contributed by atoms with E-state index in [0.29, 0.717) is 11.5 Å². The van der Waals surface area contributed by atoms with Crippen LogP contribution in [-0.4, -0.2) is 29.8 Å². The Hall–Kier alpha value is -2.14. The molecular formula is C24H30N2O2S. The van der Waals surface area contributed by atoms with E-state index < -0.39 is 0 Å². The van der Waals surface area contributed by atoms with Gasteiger partial charge in [0.2, 0.25) is 0 Å². The minimum absolute atomic E-state index is 0.109. The average molecular weight is 411 g/mol. The molecule has 29 heavy (non-hydrogen) atoms. The van der Waals surface area contributed by atoms with Gasteiger partial charge in [0.1, 0.15) is 5.00 Å². The second-order valence-electron chi connectivity index (χ2n) is 8.58. The molecule has 0 bridgehead atoms. The summed E-state index contributed by atoms with van der Waals surface area (Å²) < 4.78 is 0. The van der Waals surface area contributed by atoms with Gasteiger partial charge < -0.3 is 10.2 Å². The van der Waals surface area contributed by atoms with Crippen molar-refractivity contribution >= 4 is 28.2 Å². The van der Waals surface area contributed by atoms with Crippen LogP contribution in [0, 0.1) is 12.8 Å². The van der Waals surface area contributed by atoms with Crippen LogP contribution >= 0.6 is 11.3 Å². The van der Waals surface area contributed by atoms with Gasteiger partial charge in [-0.2, -0.15) is 0 Å². The number of likely N-dealkylation sites (tertiary alicyclic amines) is 1. The maximum atomic E-state index is 13.5. The van der Waals surface area contributed by atoms with E-state index in [1.807, 2.05) is 36.1 Å². The summed E-state index contributed by atoms with van der Waals surface area (Å²) in [6.07, 6.45) is 7.57. The Bertz CT molecular complexity index is 892. The Morgan fingerprint density at radius 2 is 1.76 bits per heavy atom. The summed E-state index contributed by atoms with van der Waals surface area (Å²) in [4.78, 5) is 29.7. The van der Waals surface area contributed by atoms with E-state index >= 15 is 0 Å². The predicted molar refractivity (Wildman–Crippen MR) is 119 cm³/mol. The summed E-state index contributed by atoms with van der Waals surface area (Å²) in [5, 5.41) is 3.83. The highest BCUT2D eigenvalue weighted by atomic mass is 32.1. The number of nitrogens with one attached hydrogen (secondary N) is 1. The summed E-state index contributed by atoms with van der Waals surface area (Å²) in [5.74, 6) is 0.600. The molecule has 4 rings (SSSR count). The van der Waals surface area contributed by atoms with Crippen LogP contribution in [0.2, 0.25) is 0 Å². The molecule has 2 aliphatic rings. The first-order valence-corrected chi connectivity index (χ1v) is 11.7. The largest absolute Gasteiger partial charge is 0.339 e. The van der Waals surface area contributed by atoms with Crippen molar-refractivity contribution in [2.75, 3.05) is 18.4 Å². The van der Waals surface area contributed by atoms with Crippen LogP contribution in [0.1, 0.15) is 75.7 Å². The van der Waals surface area contributed by atoms with Gasteiger partial charge in [0.25, 0.3) is 11.8 Å². The molecule has 1 aromatic heterocycles. The molecule has 1 aromatic carbocycles. The average Bonchev–Trinajstić information content (AvgIpc) is 2.87. The molecule has 154 valence electrons. The summed E-state index contributed by atoms with van der Waals surface area (Å²) in [6, 6.07) is 7.58. The van der Waals surface area contributed by atoms with Crippen LogP contribution in [0.4, 0.5) is 5.00 Å². The van der Waals surface area contributed by atoms with Crippen molar-refractivity contribution in [2.45, 2.75) is 58.8 Å². The lowest BCUT2D eigenvalue weighted by Gasteiger charge is -2.23. The summed E-state index contributed by atoms with van der Waals surface area (Å²) in [5.41, 5.74) is 3.70. The van der Waals surface area contributed by atoms with Crippen molar-refractivity contribution in [3.05, 3.63) is 51.4 Å². The van der Waals surface area contributed by atoms with Crippen molar-refractivity contribution in [3.8, 4) is 0 Å². The highest BCUT2D eigenvalue weighted by Gasteiger charge is 2.31. The van der Waals surface area contributed by atoms with Gasteiger partial charge in [0.05, 0.1) is 5.56 Å². The first kappa shape index (κ1) is 20.1. The Morgan fingerprint density at radius 1 is 1.07 bits per heavy atom. The van der Waals surface area contributed by atoms with E-state index in [1.54, 1.807) is 11.3 Å². The fraction of sp³-hybridized carbons (Fsp3) is 0.500. The highest BCUT2D eigenvalue weighted by molar-refractivity contribution is 7.17. The molecule has 1 unspecified atom stereocenters. The van der Waals surface area contributed by atoms with E-state index in [1.165, 1.54) is 23.3 Å². The second kappa shape index (κ2) is 8.70. The van der Waals surface area contributed by atoms with Gasteiger partial charge in [0.15, 0.2) is 0 Å². The van der Waals surface area contributed by atoms with Crippen molar-refractivity contribution in [1.29, 1.82) is 0 Å². The first-order chi connectivity index (χ1) is 14.0. The van der Waals surface area contributed by atoms with Crippen molar-refractivity contribution in [1.82, 2.24) is 4.90 Å². The molecule has 0 spiro atoms. The Balaban J connectivity index is 1.66. The van der Waals surface area contributed by atoms with Gasteiger partial charge in [-0.25, -0.2) is 0 Å². The maximum Gasteiger partial charge on any atom is 0.257 e. The van der Waals surface area contributed by atoms with E-state index in [0.717, 1.165) is 61.3 Å². The third-order valence-corrected chi connectivity index (χ3v) is 7.33. The molecule has 1 N–H and O–H groups in total. The molecule has 1 aliphatic carbocycles. The molecule has 1 saturated heterocycles. The summed E-state index contributed by atoms with van der Waals surface area (Å²) >= 11 is 1.61. The molecule has 1 atom stereocenters. The molecule has 1 aliphatic heterocycles. The zero-order valence-corrected chi connectivity index (χ0v) is 18.2. The third kappa shape index (κ3) is 4.40. The molecule has 0 radical (unpaired) electrons. The Labute approximate surface area is 177 Å². The molecule has 5 heteroatoms. The number of amides is 2. The minimum Gasteiger partial charge on any atom is -0.339 e. The fourth-order valence-corrected chi connectivity index (χ4v) is 5.78. The second-order valence-corrected chi connectivity index (χ2v) is 9.69. The number of carbonyl (C=O) groups is 2. The quantitative estimate of drug-likeness (QED) is 0.731. The SMILES string of the molecule is Cc1ccc(C(=O)Nc2sc3c(c2C(=O)N2CCCCCC2)CCC(C)C3)cc1. The van der Waals surface area contributed by atoms with Gasteiger partial charge in [-0.05, 0) is 62.6 Å². The van der Waals surface area contributed by atoms with Gasteiger partial charge in [0, 0.05) is 23.5 Å². The summed E-state index contributed by atoms with van der Waals surface area (Å²) in [7, 11) is 0. The topological polar surface area (TPSA) is 49.4 Å². The molecular weight excluding hydrogens is 380 g/mol. The number of anilines is 1. The number of hydrogen-bond donors (Lipinski definition) is 1. The molecule has 4 nitrogen and oxygen atoms in total. The van der Waals surface area contributed by atoms with Crippen LogP contribution in [0.25, 0.3) is 0 Å². The monoisotopic (exact) mass is 410 g/mol. The fourth-order valence-electron chi connectivity index (χ4n) is 4.38. The standard InChI is InChI=1S/C24H30N2O2S/c1-16-7-10-18(11-8-16)22(27)25-23-21(19-12-9-17(2)15-20(19)29-23)24(28)26-13-5-3-4-6-14-26/h7-8,10-11,17H,3-6,9,12-15H2,1-2H3,(H,25,27). The lowest BCUT2D eigenvalue weighted by molar-refractivity contribution is 0.0761. The van der Waals surface area contributed by atoms with Crippen LogP contribution < -0.4 is 5.32 Å². The summed E-state index contributed by atoms with van der Waals surface area (Å²) in [6.45, 7) is 5.92. The van der Waals surface area contributed by atoms with Crippen LogP contribution in [0.15, 0.2) is 24.3 Å². The smallest absolute Gasteiger partial charge is 0.257 e. The lowest BCUT2D eigenvalue weighted by atomic mass is 9.88. The van der Waals surface area contributed by atoms with Crippen molar-refractivity contribution in [3.63, 3.8) is 0 Å². The molecule has 2 amide bonds. The number of hydrogen-bond acceptors (Lipinski definition) is 3. The van der Waals surface area contributed by atoms with E-state index in [-0.39, 0.29) is 11.8 Å². The van der Waals surface area contributed by atoms with Crippen LogP contribution in [0.5, 0.6) is 0 Å². The van der Waals surface area contributed by atoms with Gasteiger partial charge in [-0.15, -0.1) is 11.3 Å². The van der Waals surface area contributed by atoms with Crippen LogP contribution in [0.3, 0.4) is 0 Å². The number of fused-ring (bicyclic) bond motifs is 1. The number of thiophene rings is 1. The third-order valence-electron chi connectivity index (χ3n) is 6.16. The van der Waals surface area contributed by atoms with Gasteiger partial charge in [-0.1, -0.05) is 37.5 Å². The molecule has 0 saturated carbocycles. The number of nitrogens with zero attached hydrogens (tertiary/aromatic N) is 1.